The molecule has 1 aliphatic rings. The van der Waals surface area contributed by atoms with E-state index in [1.807, 2.05) is 52.8 Å². The first kappa shape index (κ1) is 18.7. The maximum absolute atomic E-state index is 12.8. The summed E-state index contributed by atoms with van der Waals surface area (Å²) < 4.78 is 37.8. The molecule has 0 unspecified atom stereocenters. The highest BCUT2D eigenvalue weighted by Gasteiger charge is 2.51. The van der Waals surface area contributed by atoms with Crippen LogP contribution in [0.2, 0.25) is 0 Å². The molecule has 1 saturated heterocycles. The van der Waals surface area contributed by atoms with Crippen LogP contribution < -0.4 is 10.8 Å². The third-order valence-electron chi connectivity index (χ3n) is 4.78. The van der Waals surface area contributed by atoms with Crippen molar-refractivity contribution in [3.8, 4) is 0 Å². The van der Waals surface area contributed by atoms with Crippen molar-refractivity contribution in [2.45, 2.75) is 52.2 Å². The summed E-state index contributed by atoms with van der Waals surface area (Å²) in [4.78, 5) is 7.84. The lowest BCUT2D eigenvalue weighted by Crippen LogP contribution is -2.41. The topological polar surface area (TPSA) is 56.3 Å². The highest BCUT2D eigenvalue weighted by Crippen LogP contribution is 2.36. The molecular formula is C18H22BF2N3O2. The van der Waals surface area contributed by atoms with E-state index in [-0.39, 0.29) is 11.6 Å². The summed E-state index contributed by atoms with van der Waals surface area (Å²) in [5.41, 5.74) is 1.30. The number of hydrogen-bond acceptors (Lipinski definition) is 5. The van der Waals surface area contributed by atoms with Gasteiger partial charge in [-0.25, -0.2) is 18.7 Å². The Kier molecular flexibility index (Phi) is 4.75. The van der Waals surface area contributed by atoms with Crippen molar-refractivity contribution in [2.24, 2.45) is 0 Å². The number of nitrogens with one attached hydrogen (secondary N) is 1. The number of nitrogens with zero attached hydrogens (tertiary/aromatic N) is 2. The summed E-state index contributed by atoms with van der Waals surface area (Å²) >= 11 is 0. The Balaban J connectivity index is 1.86. The zero-order chi connectivity index (χ0) is 19.1. The van der Waals surface area contributed by atoms with Crippen LogP contribution in [0.25, 0.3) is 0 Å². The van der Waals surface area contributed by atoms with Crippen LogP contribution in [0.1, 0.15) is 45.4 Å². The summed E-state index contributed by atoms with van der Waals surface area (Å²) in [6.45, 7) is 9.91. The molecule has 0 bridgehead atoms. The van der Waals surface area contributed by atoms with Gasteiger partial charge in [-0.3, -0.25) is 0 Å². The van der Waals surface area contributed by atoms with Crippen molar-refractivity contribution in [3.05, 3.63) is 41.7 Å². The number of aryl methyl sites for hydroxylation is 1. The third-order valence-corrected chi connectivity index (χ3v) is 4.78. The van der Waals surface area contributed by atoms with Crippen molar-refractivity contribution in [1.29, 1.82) is 0 Å². The minimum atomic E-state index is -2.64. The van der Waals surface area contributed by atoms with E-state index in [9.17, 15) is 8.78 Å². The predicted octanol–water partition coefficient (Wildman–Crippen LogP) is 3.77. The Morgan fingerprint density at radius 2 is 1.73 bits per heavy atom. The van der Waals surface area contributed by atoms with Crippen molar-refractivity contribution < 1.29 is 18.1 Å². The van der Waals surface area contributed by atoms with Gasteiger partial charge in [0, 0.05) is 11.9 Å². The summed E-state index contributed by atoms with van der Waals surface area (Å²) in [6, 6.07) is 6.91. The van der Waals surface area contributed by atoms with Gasteiger partial charge in [-0.15, -0.1) is 0 Å². The fraction of sp³-hybridized carbons (Fsp3) is 0.444. The third kappa shape index (κ3) is 3.71. The van der Waals surface area contributed by atoms with Gasteiger partial charge in [0.25, 0.3) is 6.43 Å². The molecule has 26 heavy (non-hydrogen) atoms. The lowest BCUT2D eigenvalue weighted by atomic mass is 9.78. The molecule has 1 aliphatic heterocycles. The Labute approximate surface area is 152 Å². The standard InChI is InChI=1S/C18H22BF2N3O2/c1-11-8-12(19-25-17(2,3)18(4,5)26-19)10-13(9-11)23-16-22-7-6-14(24-16)15(20)21/h6-10,15H,1-5H3,(H,22,23,24). The molecule has 1 aromatic carbocycles. The molecule has 0 saturated carbocycles. The molecule has 0 atom stereocenters. The first-order chi connectivity index (χ1) is 12.1. The number of rotatable bonds is 4. The molecule has 1 fully saturated rings. The quantitative estimate of drug-likeness (QED) is 0.841. The van der Waals surface area contributed by atoms with Crippen LogP contribution in [0.15, 0.2) is 30.5 Å². The van der Waals surface area contributed by atoms with Crippen LogP contribution >= 0.6 is 0 Å². The maximum Gasteiger partial charge on any atom is 0.494 e. The molecular weight excluding hydrogens is 339 g/mol. The van der Waals surface area contributed by atoms with Gasteiger partial charge in [0.1, 0.15) is 5.69 Å². The molecule has 1 aromatic heterocycles. The average molecular weight is 361 g/mol. The van der Waals surface area contributed by atoms with Gasteiger partial charge < -0.3 is 14.6 Å². The molecule has 1 N–H and O–H groups in total. The number of hydrogen-bond donors (Lipinski definition) is 1. The molecule has 0 spiro atoms. The van der Waals surface area contributed by atoms with Crippen LogP contribution in [-0.4, -0.2) is 28.3 Å². The van der Waals surface area contributed by atoms with Gasteiger partial charge in [-0.1, -0.05) is 6.07 Å². The van der Waals surface area contributed by atoms with Crippen LogP contribution in [0.4, 0.5) is 20.4 Å². The largest absolute Gasteiger partial charge is 0.494 e. The molecule has 0 aliphatic carbocycles. The van der Waals surface area contributed by atoms with Crippen LogP contribution in [0.3, 0.4) is 0 Å². The molecule has 2 heterocycles. The van der Waals surface area contributed by atoms with Gasteiger partial charge in [0.05, 0.1) is 11.2 Å². The highest BCUT2D eigenvalue weighted by molar-refractivity contribution is 6.62. The zero-order valence-corrected chi connectivity index (χ0v) is 15.5. The van der Waals surface area contributed by atoms with Crippen molar-refractivity contribution in [3.63, 3.8) is 0 Å². The lowest BCUT2D eigenvalue weighted by Gasteiger charge is -2.32. The van der Waals surface area contributed by atoms with E-state index in [1.54, 1.807) is 0 Å². The fourth-order valence-corrected chi connectivity index (χ4v) is 2.68. The van der Waals surface area contributed by atoms with Crippen LogP contribution in [-0.2, 0) is 9.31 Å². The number of aromatic nitrogens is 2. The van der Waals surface area contributed by atoms with Gasteiger partial charge in [-0.2, -0.15) is 0 Å². The van der Waals surface area contributed by atoms with E-state index >= 15 is 0 Å². The molecule has 0 radical (unpaired) electrons. The Morgan fingerprint density at radius 1 is 1.08 bits per heavy atom. The first-order valence-corrected chi connectivity index (χ1v) is 8.43. The summed E-state index contributed by atoms with van der Waals surface area (Å²) in [5, 5.41) is 2.98. The molecule has 138 valence electrons. The van der Waals surface area contributed by atoms with Crippen LogP contribution in [0.5, 0.6) is 0 Å². The number of benzene rings is 1. The molecule has 5 nitrogen and oxygen atoms in total. The smallest absolute Gasteiger partial charge is 0.399 e. The van der Waals surface area contributed by atoms with Gasteiger partial charge in [0.2, 0.25) is 5.95 Å². The van der Waals surface area contributed by atoms with E-state index in [0.717, 1.165) is 11.0 Å². The maximum atomic E-state index is 12.8. The first-order valence-electron chi connectivity index (χ1n) is 8.43. The fourth-order valence-electron chi connectivity index (χ4n) is 2.68. The zero-order valence-electron chi connectivity index (χ0n) is 15.5. The SMILES string of the molecule is Cc1cc(Nc2nccc(C(F)F)n2)cc(B2OC(C)(C)C(C)(C)O2)c1. The second-order valence-corrected chi connectivity index (χ2v) is 7.45. The number of anilines is 2. The predicted molar refractivity (Wildman–Crippen MR) is 97.2 cm³/mol. The van der Waals surface area contributed by atoms with Crippen molar-refractivity contribution in [2.75, 3.05) is 5.32 Å². The van der Waals surface area contributed by atoms with Crippen molar-refractivity contribution in [1.82, 2.24) is 9.97 Å². The van der Waals surface area contributed by atoms with Gasteiger partial charge in [0.15, 0.2) is 0 Å². The monoisotopic (exact) mass is 361 g/mol. The van der Waals surface area contributed by atoms with Gasteiger partial charge >= 0.3 is 7.12 Å². The second-order valence-electron chi connectivity index (χ2n) is 7.45. The van der Waals surface area contributed by atoms with E-state index in [1.165, 1.54) is 12.3 Å². The molecule has 3 rings (SSSR count). The second kappa shape index (κ2) is 6.59. The van der Waals surface area contributed by atoms with Crippen LogP contribution in [0, 0.1) is 6.92 Å². The van der Waals surface area contributed by atoms with E-state index in [4.69, 9.17) is 9.31 Å². The van der Waals surface area contributed by atoms with E-state index in [0.29, 0.717) is 5.69 Å². The normalized spacial score (nSPS) is 18.4. The number of halogens is 2. The molecule has 2 aromatic rings. The minimum Gasteiger partial charge on any atom is -0.399 e. The van der Waals surface area contributed by atoms with E-state index < -0.39 is 24.7 Å². The molecule has 0 amide bonds. The summed E-state index contributed by atoms with van der Waals surface area (Å²) in [5.74, 6) is 0.119. The van der Waals surface area contributed by atoms with Crippen molar-refractivity contribution >= 4 is 24.2 Å². The lowest BCUT2D eigenvalue weighted by molar-refractivity contribution is 0.00578. The summed E-state index contributed by atoms with van der Waals surface area (Å²) in [6.07, 6.45) is -1.33. The Morgan fingerprint density at radius 3 is 2.35 bits per heavy atom. The Hall–Kier alpha value is -2.06. The van der Waals surface area contributed by atoms with Gasteiger partial charge in [-0.05, 0) is 63.8 Å². The highest BCUT2D eigenvalue weighted by atomic mass is 19.3. The summed E-state index contributed by atoms with van der Waals surface area (Å²) in [7, 11) is -0.506. The molecule has 8 heteroatoms. The number of alkyl halides is 2. The average Bonchev–Trinajstić information content (AvgIpc) is 2.75. The van der Waals surface area contributed by atoms with E-state index in [2.05, 4.69) is 15.3 Å². The minimum absolute atomic E-state index is 0.119. The Bertz CT molecular complexity index is 799.